The van der Waals surface area contributed by atoms with E-state index in [2.05, 4.69) is 6.58 Å². The van der Waals surface area contributed by atoms with Crippen molar-refractivity contribution < 1.29 is 24.2 Å². The Morgan fingerprint density at radius 1 is 1.15 bits per heavy atom. The summed E-state index contributed by atoms with van der Waals surface area (Å²) in [4.78, 5) is 29.6. The summed E-state index contributed by atoms with van der Waals surface area (Å²) in [6.07, 6.45) is 1.65. The Morgan fingerprint density at radius 3 is 2.39 bits per heavy atom. The minimum absolute atomic E-state index is 0.0757. The molecule has 0 radical (unpaired) electrons. The number of ketones is 1. The fourth-order valence-electron chi connectivity index (χ4n) is 3.84. The average Bonchev–Trinajstić information content (AvgIpc) is 3.05. The number of ether oxygens (including phenoxy) is 2. The Balaban J connectivity index is 2.11. The number of aryl methyl sites for hydroxylation is 1. The molecule has 0 saturated carbocycles. The molecule has 174 valence electrons. The van der Waals surface area contributed by atoms with E-state index >= 15 is 0 Å². The minimum atomic E-state index is -0.702. The largest absolute Gasteiger partial charge is 0.507 e. The van der Waals surface area contributed by atoms with E-state index in [4.69, 9.17) is 9.47 Å². The van der Waals surface area contributed by atoms with Gasteiger partial charge in [-0.05, 0) is 62.5 Å². The van der Waals surface area contributed by atoms with Crippen LogP contribution in [0.1, 0.15) is 22.7 Å². The number of nitrogens with zero attached hydrogens (tertiary/aromatic N) is 2. The van der Waals surface area contributed by atoms with E-state index in [1.807, 2.05) is 38.1 Å². The molecular weight excluding hydrogens is 420 g/mol. The van der Waals surface area contributed by atoms with Gasteiger partial charge < -0.3 is 24.4 Å². The second-order valence-electron chi connectivity index (χ2n) is 8.15. The van der Waals surface area contributed by atoms with Gasteiger partial charge in [-0.2, -0.15) is 0 Å². The van der Waals surface area contributed by atoms with Crippen LogP contribution >= 0.6 is 0 Å². The zero-order valence-corrected chi connectivity index (χ0v) is 19.5. The fraction of sp³-hybridized carbons (Fsp3) is 0.308. The highest BCUT2D eigenvalue weighted by atomic mass is 16.5. The number of likely N-dealkylation sites (N-methyl/N-ethyl adjacent to an activating group) is 1. The van der Waals surface area contributed by atoms with Gasteiger partial charge in [-0.3, -0.25) is 9.59 Å². The monoisotopic (exact) mass is 450 g/mol. The van der Waals surface area contributed by atoms with Crippen molar-refractivity contribution in [3.63, 3.8) is 0 Å². The van der Waals surface area contributed by atoms with Crippen molar-refractivity contribution in [3.05, 3.63) is 77.4 Å². The number of methoxy groups -OCH3 is 1. The van der Waals surface area contributed by atoms with Crippen LogP contribution in [0.3, 0.4) is 0 Å². The first-order valence-electron chi connectivity index (χ1n) is 10.7. The maximum atomic E-state index is 13.1. The molecule has 1 heterocycles. The van der Waals surface area contributed by atoms with Gasteiger partial charge in [-0.15, -0.1) is 0 Å². The second kappa shape index (κ2) is 10.4. The van der Waals surface area contributed by atoms with Crippen LogP contribution in [0.25, 0.3) is 5.76 Å². The zero-order chi connectivity index (χ0) is 24.1. The van der Waals surface area contributed by atoms with Crippen LogP contribution in [0.4, 0.5) is 0 Å². The van der Waals surface area contributed by atoms with Gasteiger partial charge >= 0.3 is 0 Å². The van der Waals surface area contributed by atoms with Crippen LogP contribution in [0, 0.1) is 6.92 Å². The lowest BCUT2D eigenvalue weighted by molar-refractivity contribution is -0.140. The van der Waals surface area contributed by atoms with E-state index in [0.29, 0.717) is 36.8 Å². The molecule has 1 saturated heterocycles. The van der Waals surface area contributed by atoms with Crippen molar-refractivity contribution in [2.45, 2.75) is 13.0 Å². The quantitative estimate of drug-likeness (QED) is 0.272. The van der Waals surface area contributed by atoms with E-state index in [9.17, 15) is 14.7 Å². The highest BCUT2D eigenvalue weighted by molar-refractivity contribution is 6.46. The fourth-order valence-corrected chi connectivity index (χ4v) is 3.84. The molecule has 1 aliphatic heterocycles. The summed E-state index contributed by atoms with van der Waals surface area (Å²) in [6, 6.07) is 11.7. The highest BCUT2D eigenvalue weighted by Crippen LogP contribution is 2.40. The number of aliphatic hydroxyl groups excluding tert-OH is 1. The number of Topliss-reactive ketones (excluding diaryl/α,β-unsaturated/α-hetero) is 1. The molecule has 7 heteroatoms. The van der Waals surface area contributed by atoms with Crippen molar-refractivity contribution in [1.29, 1.82) is 0 Å². The summed E-state index contributed by atoms with van der Waals surface area (Å²) < 4.78 is 10.8. The molecule has 1 atom stereocenters. The Labute approximate surface area is 194 Å². The summed E-state index contributed by atoms with van der Waals surface area (Å²) in [5.41, 5.74) is 2.00. The van der Waals surface area contributed by atoms with Crippen LogP contribution in [-0.4, -0.2) is 67.5 Å². The number of aliphatic hydroxyl groups is 1. The molecule has 3 rings (SSSR count). The van der Waals surface area contributed by atoms with Crippen LogP contribution in [0.15, 0.2) is 60.7 Å². The van der Waals surface area contributed by atoms with Crippen LogP contribution in [0.2, 0.25) is 0 Å². The molecule has 0 aliphatic carbocycles. The van der Waals surface area contributed by atoms with Gasteiger partial charge in [0.2, 0.25) is 0 Å². The third-order valence-electron chi connectivity index (χ3n) is 5.58. The van der Waals surface area contributed by atoms with E-state index in [1.165, 1.54) is 4.90 Å². The van der Waals surface area contributed by atoms with Crippen molar-refractivity contribution in [2.75, 3.05) is 40.9 Å². The van der Waals surface area contributed by atoms with Gasteiger partial charge in [0.15, 0.2) is 0 Å². The maximum Gasteiger partial charge on any atom is 0.295 e. The molecule has 33 heavy (non-hydrogen) atoms. The molecular formula is C26H30N2O5. The molecule has 7 nitrogen and oxygen atoms in total. The lowest BCUT2D eigenvalue weighted by Crippen LogP contribution is -2.35. The molecule has 1 fully saturated rings. The number of amides is 1. The standard InChI is InChI=1S/C26H30N2O5/c1-6-15-33-20-11-12-21(17(2)16-20)24(29)22-23(18-7-9-19(32-5)10-8-18)28(14-13-27(3)4)26(31)25(22)30/h6-12,16,23,29H,1,13-15H2,2-5H3/b24-22+. The van der Waals surface area contributed by atoms with E-state index in [1.54, 1.807) is 43.5 Å². The van der Waals surface area contributed by atoms with E-state index in [-0.39, 0.29) is 11.3 Å². The Hall–Kier alpha value is -3.58. The van der Waals surface area contributed by atoms with Crippen LogP contribution in [-0.2, 0) is 9.59 Å². The van der Waals surface area contributed by atoms with E-state index < -0.39 is 17.7 Å². The molecule has 1 N–H and O–H groups in total. The van der Waals surface area contributed by atoms with Crippen molar-refractivity contribution in [3.8, 4) is 11.5 Å². The molecule has 2 aromatic carbocycles. The molecule has 1 unspecified atom stereocenters. The average molecular weight is 451 g/mol. The maximum absolute atomic E-state index is 13.1. The number of hydrogen-bond acceptors (Lipinski definition) is 6. The Kier molecular flexibility index (Phi) is 7.55. The predicted octanol–water partition coefficient (Wildman–Crippen LogP) is 3.55. The summed E-state index contributed by atoms with van der Waals surface area (Å²) in [7, 11) is 5.38. The first kappa shape index (κ1) is 24.1. The number of carbonyl (C=O) groups excluding carboxylic acids is 2. The second-order valence-corrected chi connectivity index (χ2v) is 8.15. The SMILES string of the molecule is C=CCOc1ccc(/C(O)=C2\C(=O)C(=O)N(CCN(C)C)C2c2ccc(OC)cc2)c(C)c1. The number of benzene rings is 2. The zero-order valence-electron chi connectivity index (χ0n) is 19.5. The molecule has 0 bridgehead atoms. The third kappa shape index (κ3) is 5.09. The summed E-state index contributed by atoms with van der Waals surface area (Å²) in [5, 5.41) is 11.3. The lowest BCUT2D eigenvalue weighted by Gasteiger charge is -2.26. The third-order valence-corrected chi connectivity index (χ3v) is 5.58. The predicted molar refractivity (Wildman–Crippen MR) is 127 cm³/mol. The molecule has 0 spiro atoms. The number of likely N-dealkylation sites (tertiary alicyclic amines) is 1. The number of rotatable bonds is 9. The van der Waals surface area contributed by atoms with Crippen LogP contribution in [0.5, 0.6) is 11.5 Å². The molecule has 1 amide bonds. The Morgan fingerprint density at radius 2 is 1.82 bits per heavy atom. The lowest BCUT2D eigenvalue weighted by atomic mass is 9.94. The van der Waals surface area contributed by atoms with Crippen molar-refractivity contribution in [2.24, 2.45) is 0 Å². The summed E-state index contributed by atoms with van der Waals surface area (Å²) in [6.45, 7) is 6.74. The van der Waals surface area contributed by atoms with Gasteiger partial charge in [0.05, 0.1) is 18.7 Å². The van der Waals surface area contributed by atoms with Crippen molar-refractivity contribution in [1.82, 2.24) is 9.80 Å². The van der Waals surface area contributed by atoms with Gasteiger partial charge in [-0.25, -0.2) is 0 Å². The summed E-state index contributed by atoms with van der Waals surface area (Å²) >= 11 is 0. The van der Waals surface area contributed by atoms with Crippen LogP contribution < -0.4 is 9.47 Å². The minimum Gasteiger partial charge on any atom is -0.507 e. The van der Waals surface area contributed by atoms with Gasteiger partial charge in [0, 0.05) is 18.7 Å². The molecule has 0 aromatic heterocycles. The van der Waals surface area contributed by atoms with Gasteiger partial charge in [0.25, 0.3) is 11.7 Å². The Bertz CT molecular complexity index is 1070. The first-order valence-corrected chi connectivity index (χ1v) is 10.7. The normalized spacial score (nSPS) is 17.5. The van der Waals surface area contributed by atoms with Gasteiger partial charge in [0.1, 0.15) is 23.9 Å². The first-order chi connectivity index (χ1) is 15.8. The number of carbonyl (C=O) groups is 2. The topological polar surface area (TPSA) is 79.3 Å². The van der Waals surface area contributed by atoms with Crippen molar-refractivity contribution >= 4 is 17.4 Å². The molecule has 1 aliphatic rings. The number of hydrogen-bond donors (Lipinski definition) is 1. The smallest absolute Gasteiger partial charge is 0.295 e. The molecule has 2 aromatic rings. The highest BCUT2D eigenvalue weighted by Gasteiger charge is 2.46. The summed E-state index contributed by atoms with van der Waals surface area (Å²) in [5.74, 6) is -0.229. The van der Waals surface area contributed by atoms with Gasteiger partial charge in [-0.1, -0.05) is 24.8 Å². The van der Waals surface area contributed by atoms with E-state index in [0.717, 1.165) is 11.1 Å².